The second kappa shape index (κ2) is 3.91. The fourth-order valence-electron chi connectivity index (χ4n) is 2.23. The van der Waals surface area contributed by atoms with Gasteiger partial charge < -0.3 is 9.97 Å². The number of rotatable bonds is 2. The number of pyridine rings is 1. The third kappa shape index (κ3) is 1.76. The summed E-state index contributed by atoms with van der Waals surface area (Å²) in [5.74, 6) is 1.77. The highest BCUT2D eigenvalue weighted by molar-refractivity contribution is 5.75. The molecule has 3 heterocycles. The summed E-state index contributed by atoms with van der Waals surface area (Å²) in [4.78, 5) is 19.8. The third-order valence-corrected chi connectivity index (χ3v) is 3.08. The lowest BCUT2D eigenvalue weighted by Gasteiger charge is -1.90. The van der Waals surface area contributed by atoms with Crippen molar-refractivity contribution >= 4 is 22.2 Å². The molecule has 0 aliphatic heterocycles. The number of H-pyrrole nitrogens is 2. The number of hydrogen-bond donors (Lipinski definition) is 2. The molecule has 0 unspecified atom stereocenters. The van der Waals surface area contributed by atoms with Gasteiger partial charge in [0.25, 0.3) is 0 Å². The lowest BCUT2D eigenvalue weighted by molar-refractivity contribution is 0.958. The number of nitrogens with zero attached hydrogens (tertiary/aromatic N) is 3. The standard InChI is InChI=1S/C14H11N5/c1-2-5-10-9(4-1)16-12(17-10)8-13-18-11-6-3-7-15-14(11)19-13/h1-7H,8H2,(H,16,17)(H,15,18,19). The zero-order valence-electron chi connectivity index (χ0n) is 10.1. The van der Waals surface area contributed by atoms with Gasteiger partial charge >= 0.3 is 0 Å². The summed E-state index contributed by atoms with van der Waals surface area (Å²) < 4.78 is 0. The molecule has 0 fully saturated rings. The maximum Gasteiger partial charge on any atom is 0.177 e. The SMILES string of the molecule is c1ccc2[nH]c(Cc3nc4ncccc4[nH]3)nc2c1. The Hall–Kier alpha value is -2.69. The van der Waals surface area contributed by atoms with Gasteiger partial charge in [-0.1, -0.05) is 12.1 Å². The molecule has 0 amide bonds. The van der Waals surface area contributed by atoms with E-state index in [1.54, 1.807) is 6.20 Å². The first-order chi connectivity index (χ1) is 9.38. The minimum Gasteiger partial charge on any atom is -0.342 e. The fraction of sp³-hybridized carbons (Fsp3) is 0.0714. The average molecular weight is 249 g/mol. The van der Waals surface area contributed by atoms with E-state index < -0.39 is 0 Å². The second-order valence-electron chi connectivity index (χ2n) is 4.44. The molecule has 19 heavy (non-hydrogen) atoms. The van der Waals surface area contributed by atoms with Crippen molar-refractivity contribution in [2.75, 3.05) is 0 Å². The Morgan fingerprint density at radius 2 is 1.63 bits per heavy atom. The molecule has 0 radical (unpaired) electrons. The van der Waals surface area contributed by atoms with Gasteiger partial charge in [-0.15, -0.1) is 0 Å². The minimum atomic E-state index is 0.644. The molecule has 2 N–H and O–H groups in total. The normalized spacial score (nSPS) is 11.4. The monoisotopic (exact) mass is 249 g/mol. The van der Waals surface area contributed by atoms with Crippen LogP contribution in [0.15, 0.2) is 42.6 Å². The molecule has 0 spiro atoms. The Labute approximate surface area is 108 Å². The molecule has 4 aromatic rings. The van der Waals surface area contributed by atoms with Crippen molar-refractivity contribution in [2.45, 2.75) is 6.42 Å². The van der Waals surface area contributed by atoms with Crippen LogP contribution in [0, 0.1) is 0 Å². The molecule has 5 heteroatoms. The van der Waals surface area contributed by atoms with Gasteiger partial charge in [0.05, 0.1) is 23.0 Å². The lowest BCUT2D eigenvalue weighted by atomic mass is 10.3. The molecule has 4 rings (SSSR count). The van der Waals surface area contributed by atoms with Gasteiger partial charge in [0.1, 0.15) is 11.6 Å². The van der Waals surface area contributed by atoms with E-state index in [0.717, 1.165) is 33.8 Å². The highest BCUT2D eigenvalue weighted by Crippen LogP contribution is 2.14. The van der Waals surface area contributed by atoms with E-state index >= 15 is 0 Å². The first-order valence-electron chi connectivity index (χ1n) is 6.12. The van der Waals surface area contributed by atoms with Crippen LogP contribution in [0.1, 0.15) is 11.6 Å². The molecule has 92 valence electrons. The summed E-state index contributed by atoms with van der Waals surface area (Å²) in [5, 5.41) is 0. The average Bonchev–Trinajstić information content (AvgIpc) is 3.00. The topological polar surface area (TPSA) is 70.2 Å². The van der Waals surface area contributed by atoms with Crippen LogP contribution in [0.5, 0.6) is 0 Å². The molecular formula is C14H11N5. The fourth-order valence-corrected chi connectivity index (χ4v) is 2.23. The van der Waals surface area contributed by atoms with E-state index in [9.17, 15) is 0 Å². The van der Waals surface area contributed by atoms with Crippen LogP contribution in [0.3, 0.4) is 0 Å². The highest BCUT2D eigenvalue weighted by Gasteiger charge is 2.07. The van der Waals surface area contributed by atoms with Crippen LogP contribution < -0.4 is 0 Å². The Kier molecular flexibility index (Phi) is 2.11. The number of aromatic amines is 2. The molecule has 0 atom stereocenters. The summed E-state index contributed by atoms with van der Waals surface area (Å²) in [6.07, 6.45) is 2.39. The molecule has 0 aliphatic rings. The van der Waals surface area contributed by atoms with Crippen LogP contribution in [0.4, 0.5) is 0 Å². The summed E-state index contributed by atoms with van der Waals surface area (Å²) in [7, 11) is 0. The number of para-hydroxylation sites is 2. The van der Waals surface area contributed by atoms with Gasteiger partial charge in [-0.25, -0.2) is 15.0 Å². The van der Waals surface area contributed by atoms with E-state index in [0.29, 0.717) is 6.42 Å². The molecular weight excluding hydrogens is 238 g/mol. The number of nitrogens with one attached hydrogen (secondary N) is 2. The summed E-state index contributed by atoms with van der Waals surface area (Å²) in [5.41, 5.74) is 3.72. The zero-order chi connectivity index (χ0) is 12.7. The Morgan fingerprint density at radius 1 is 0.842 bits per heavy atom. The molecule has 0 saturated carbocycles. The molecule has 0 bridgehead atoms. The largest absolute Gasteiger partial charge is 0.342 e. The Balaban J connectivity index is 1.73. The highest BCUT2D eigenvalue weighted by atomic mass is 15.0. The predicted octanol–water partition coefficient (Wildman–Crippen LogP) is 2.42. The Bertz CT molecular complexity index is 720. The van der Waals surface area contributed by atoms with Crippen LogP contribution in [0.2, 0.25) is 0 Å². The Morgan fingerprint density at radius 3 is 2.53 bits per heavy atom. The zero-order valence-corrected chi connectivity index (χ0v) is 10.1. The molecule has 3 aromatic heterocycles. The van der Waals surface area contributed by atoms with Gasteiger partial charge in [0.15, 0.2) is 5.65 Å². The summed E-state index contributed by atoms with van der Waals surface area (Å²) in [6, 6.07) is 11.9. The first kappa shape index (κ1) is 10.3. The van der Waals surface area contributed by atoms with Crippen molar-refractivity contribution in [1.82, 2.24) is 24.9 Å². The van der Waals surface area contributed by atoms with Crippen molar-refractivity contribution in [3.63, 3.8) is 0 Å². The molecule has 5 nitrogen and oxygen atoms in total. The molecule has 1 aromatic carbocycles. The maximum absolute atomic E-state index is 4.54. The van der Waals surface area contributed by atoms with Crippen molar-refractivity contribution < 1.29 is 0 Å². The van der Waals surface area contributed by atoms with Crippen LogP contribution >= 0.6 is 0 Å². The molecule has 0 saturated heterocycles. The maximum atomic E-state index is 4.54. The van der Waals surface area contributed by atoms with Crippen molar-refractivity contribution in [2.24, 2.45) is 0 Å². The van der Waals surface area contributed by atoms with Gasteiger partial charge in [-0.3, -0.25) is 0 Å². The van der Waals surface area contributed by atoms with Crippen molar-refractivity contribution in [3.8, 4) is 0 Å². The van der Waals surface area contributed by atoms with E-state index in [-0.39, 0.29) is 0 Å². The van der Waals surface area contributed by atoms with E-state index in [2.05, 4.69) is 24.9 Å². The van der Waals surface area contributed by atoms with E-state index in [1.165, 1.54) is 0 Å². The molecule has 0 aliphatic carbocycles. The number of benzene rings is 1. The van der Waals surface area contributed by atoms with Gasteiger partial charge in [-0.2, -0.15) is 0 Å². The van der Waals surface area contributed by atoms with E-state index in [1.807, 2.05) is 36.4 Å². The summed E-state index contributed by atoms with van der Waals surface area (Å²) >= 11 is 0. The van der Waals surface area contributed by atoms with Gasteiger partial charge in [0, 0.05) is 6.20 Å². The van der Waals surface area contributed by atoms with Crippen molar-refractivity contribution in [1.29, 1.82) is 0 Å². The van der Waals surface area contributed by atoms with Gasteiger partial charge in [-0.05, 0) is 24.3 Å². The van der Waals surface area contributed by atoms with Crippen LogP contribution in [-0.2, 0) is 6.42 Å². The first-order valence-corrected chi connectivity index (χ1v) is 6.12. The number of imidazole rings is 2. The summed E-state index contributed by atoms with van der Waals surface area (Å²) in [6.45, 7) is 0. The van der Waals surface area contributed by atoms with Crippen LogP contribution in [-0.4, -0.2) is 24.9 Å². The second-order valence-corrected chi connectivity index (χ2v) is 4.44. The third-order valence-electron chi connectivity index (χ3n) is 3.08. The predicted molar refractivity (Wildman–Crippen MR) is 72.8 cm³/mol. The van der Waals surface area contributed by atoms with Gasteiger partial charge in [0.2, 0.25) is 0 Å². The number of hydrogen-bond acceptors (Lipinski definition) is 3. The number of aromatic nitrogens is 5. The lowest BCUT2D eigenvalue weighted by Crippen LogP contribution is -1.92. The van der Waals surface area contributed by atoms with E-state index in [4.69, 9.17) is 0 Å². The number of fused-ring (bicyclic) bond motifs is 2. The van der Waals surface area contributed by atoms with Crippen LogP contribution in [0.25, 0.3) is 22.2 Å². The quantitative estimate of drug-likeness (QED) is 0.573. The minimum absolute atomic E-state index is 0.644. The smallest absolute Gasteiger partial charge is 0.177 e. The van der Waals surface area contributed by atoms with Crippen molar-refractivity contribution in [3.05, 3.63) is 54.2 Å².